The van der Waals surface area contributed by atoms with Crippen molar-refractivity contribution in [1.29, 1.82) is 0 Å². The Morgan fingerprint density at radius 3 is 1.75 bits per heavy atom. The SMILES string of the molecule is C[Si](C)(C(=O)CCCCCCCCCCCCBr)c1ccccc1. The third kappa shape index (κ3) is 8.62. The molecule has 0 saturated heterocycles. The zero-order valence-corrected chi connectivity index (χ0v) is 18.2. The average molecular weight is 411 g/mol. The monoisotopic (exact) mass is 410 g/mol. The molecule has 0 aliphatic rings. The third-order valence-electron chi connectivity index (χ3n) is 4.98. The van der Waals surface area contributed by atoms with E-state index in [0.717, 1.165) is 18.2 Å². The highest BCUT2D eigenvalue weighted by Crippen LogP contribution is 2.14. The van der Waals surface area contributed by atoms with Gasteiger partial charge in [-0.15, -0.1) is 0 Å². The number of rotatable bonds is 14. The molecule has 0 N–H and O–H groups in total. The number of carbonyl (C=O) groups excluding carboxylic acids is 1. The van der Waals surface area contributed by atoms with Crippen LogP contribution in [0, 0.1) is 0 Å². The maximum Gasteiger partial charge on any atom is 0.157 e. The molecule has 0 radical (unpaired) electrons. The summed E-state index contributed by atoms with van der Waals surface area (Å²) in [6, 6.07) is 10.4. The topological polar surface area (TPSA) is 17.1 Å². The van der Waals surface area contributed by atoms with Crippen LogP contribution in [0.15, 0.2) is 30.3 Å². The van der Waals surface area contributed by atoms with Crippen LogP contribution in [0.1, 0.15) is 70.6 Å². The molecule has 0 aliphatic heterocycles. The minimum absolute atomic E-state index is 0.514. The molecule has 1 nitrogen and oxygen atoms in total. The van der Waals surface area contributed by atoms with Crippen molar-refractivity contribution in [3.05, 3.63) is 30.3 Å². The highest BCUT2D eigenvalue weighted by Gasteiger charge is 2.31. The van der Waals surface area contributed by atoms with Crippen LogP contribution in [0.4, 0.5) is 0 Å². The molecule has 0 spiro atoms. The Balaban J connectivity index is 2.06. The van der Waals surface area contributed by atoms with Crippen LogP contribution in [0.2, 0.25) is 13.1 Å². The van der Waals surface area contributed by atoms with Gasteiger partial charge < -0.3 is 4.79 Å². The fourth-order valence-corrected chi connectivity index (χ4v) is 5.67. The van der Waals surface area contributed by atoms with E-state index in [2.05, 4.69) is 53.3 Å². The Labute approximate surface area is 158 Å². The Morgan fingerprint density at radius 1 is 0.792 bits per heavy atom. The highest BCUT2D eigenvalue weighted by molar-refractivity contribution is 9.09. The van der Waals surface area contributed by atoms with Gasteiger partial charge in [0.2, 0.25) is 0 Å². The minimum Gasteiger partial charge on any atom is -0.305 e. The smallest absolute Gasteiger partial charge is 0.157 e. The predicted molar refractivity (Wildman–Crippen MR) is 113 cm³/mol. The highest BCUT2D eigenvalue weighted by atomic mass is 79.9. The fourth-order valence-electron chi connectivity index (χ4n) is 3.12. The van der Waals surface area contributed by atoms with Crippen LogP contribution in [0.25, 0.3) is 0 Å². The maximum absolute atomic E-state index is 12.6. The standard InChI is InChI=1S/C21H35BrOSi/c1-24(2,20-16-12-11-13-17-20)21(23)18-14-9-7-5-3-4-6-8-10-15-19-22/h11-13,16-17H,3-10,14-15,18-19H2,1-2H3. The van der Waals surface area contributed by atoms with Crippen LogP contribution >= 0.6 is 15.9 Å². The Hall–Kier alpha value is -0.413. The third-order valence-corrected chi connectivity index (χ3v) is 8.96. The van der Waals surface area contributed by atoms with Crippen LogP contribution in [-0.4, -0.2) is 18.8 Å². The maximum atomic E-state index is 12.6. The largest absolute Gasteiger partial charge is 0.305 e. The number of halogens is 1. The van der Waals surface area contributed by atoms with Gasteiger partial charge in [0, 0.05) is 11.8 Å². The number of carbonyl (C=O) groups is 1. The quantitative estimate of drug-likeness (QED) is 0.197. The van der Waals surface area contributed by atoms with Gasteiger partial charge in [-0.1, -0.05) is 116 Å². The second kappa shape index (κ2) is 12.9. The molecule has 0 heterocycles. The molecule has 0 amide bonds. The summed E-state index contributed by atoms with van der Waals surface area (Å²) in [4.78, 5) is 12.6. The molecule has 3 heteroatoms. The predicted octanol–water partition coefficient (Wildman–Crippen LogP) is 6.40. The summed E-state index contributed by atoms with van der Waals surface area (Å²) in [5.74, 6) is 0. The van der Waals surface area contributed by atoms with Gasteiger partial charge in [-0.25, -0.2) is 0 Å². The van der Waals surface area contributed by atoms with Crippen molar-refractivity contribution < 1.29 is 4.79 Å². The van der Waals surface area contributed by atoms with E-state index in [0.29, 0.717) is 5.41 Å². The molecule has 0 atom stereocenters. The molecular weight excluding hydrogens is 376 g/mol. The molecule has 0 unspecified atom stereocenters. The molecule has 1 aromatic carbocycles. The van der Waals surface area contributed by atoms with E-state index in [9.17, 15) is 4.79 Å². The Morgan fingerprint density at radius 2 is 1.25 bits per heavy atom. The lowest BCUT2D eigenvalue weighted by Crippen LogP contribution is -2.49. The van der Waals surface area contributed by atoms with Gasteiger partial charge in [0.25, 0.3) is 0 Å². The van der Waals surface area contributed by atoms with E-state index in [-0.39, 0.29) is 0 Å². The number of benzene rings is 1. The summed E-state index contributed by atoms with van der Waals surface area (Å²) in [5.41, 5.74) is 0. The van der Waals surface area contributed by atoms with E-state index >= 15 is 0 Å². The van der Waals surface area contributed by atoms with Gasteiger partial charge in [-0.2, -0.15) is 0 Å². The van der Waals surface area contributed by atoms with Crippen LogP contribution in [0.3, 0.4) is 0 Å². The van der Waals surface area contributed by atoms with Crippen molar-refractivity contribution >= 4 is 34.6 Å². The number of alkyl halides is 1. The molecule has 1 rings (SSSR count). The lowest BCUT2D eigenvalue weighted by Gasteiger charge is -2.21. The molecule has 136 valence electrons. The van der Waals surface area contributed by atoms with Crippen molar-refractivity contribution in [2.45, 2.75) is 83.7 Å². The lowest BCUT2D eigenvalue weighted by atomic mass is 10.1. The molecule has 24 heavy (non-hydrogen) atoms. The first-order valence-electron chi connectivity index (χ1n) is 9.74. The molecular formula is C21H35BrOSi. The van der Waals surface area contributed by atoms with E-state index in [1.54, 1.807) is 0 Å². The summed E-state index contributed by atoms with van der Waals surface area (Å²) in [6.07, 6.45) is 13.9. The second-order valence-corrected chi connectivity index (χ2v) is 12.6. The van der Waals surface area contributed by atoms with Crippen LogP contribution < -0.4 is 5.19 Å². The first-order chi connectivity index (χ1) is 11.6. The summed E-state index contributed by atoms with van der Waals surface area (Å²) >= 11 is 3.48. The summed E-state index contributed by atoms with van der Waals surface area (Å²) < 4.78 is 0. The van der Waals surface area contributed by atoms with Gasteiger partial charge in [-0.05, 0) is 12.8 Å². The molecule has 0 fully saturated rings. The zero-order chi connectivity index (χ0) is 17.7. The zero-order valence-electron chi connectivity index (χ0n) is 15.7. The number of unbranched alkanes of at least 4 members (excludes halogenated alkanes) is 9. The van der Waals surface area contributed by atoms with Crippen molar-refractivity contribution in [3.63, 3.8) is 0 Å². The second-order valence-electron chi connectivity index (χ2n) is 7.39. The average Bonchev–Trinajstić information content (AvgIpc) is 2.60. The molecule has 0 saturated carbocycles. The van der Waals surface area contributed by atoms with Crippen LogP contribution in [0.5, 0.6) is 0 Å². The first-order valence-corrected chi connectivity index (χ1v) is 13.9. The minimum atomic E-state index is -1.92. The van der Waals surface area contributed by atoms with E-state index < -0.39 is 8.07 Å². The van der Waals surface area contributed by atoms with Crippen molar-refractivity contribution in [2.75, 3.05) is 5.33 Å². The van der Waals surface area contributed by atoms with Crippen molar-refractivity contribution in [1.82, 2.24) is 0 Å². The van der Waals surface area contributed by atoms with E-state index in [4.69, 9.17) is 0 Å². The van der Waals surface area contributed by atoms with Crippen molar-refractivity contribution in [3.8, 4) is 0 Å². The fraction of sp³-hybridized carbons (Fsp3) is 0.667. The van der Waals surface area contributed by atoms with Crippen molar-refractivity contribution in [2.24, 2.45) is 0 Å². The van der Waals surface area contributed by atoms with E-state index in [1.165, 1.54) is 63.0 Å². The molecule has 0 aliphatic carbocycles. The van der Waals surface area contributed by atoms with E-state index in [1.807, 2.05) is 6.07 Å². The number of hydrogen-bond acceptors (Lipinski definition) is 1. The molecule has 0 bridgehead atoms. The summed E-state index contributed by atoms with van der Waals surface area (Å²) in [6.45, 7) is 4.39. The summed E-state index contributed by atoms with van der Waals surface area (Å²) in [5, 5.41) is 2.94. The van der Waals surface area contributed by atoms with Gasteiger partial charge >= 0.3 is 0 Å². The first kappa shape index (κ1) is 21.6. The van der Waals surface area contributed by atoms with Gasteiger partial charge in [0.05, 0.1) is 0 Å². The normalized spacial score (nSPS) is 11.6. The molecule has 0 aromatic heterocycles. The van der Waals surface area contributed by atoms with Gasteiger partial charge in [0.1, 0.15) is 5.41 Å². The lowest BCUT2D eigenvalue weighted by molar-refractivity contribution is -0.112. The Kier molecular flexibility index (Phi) is 11.6. The van der Waals surface area contributed by atoms with Crippen LogP contribution in [-0.2, 0) is 4.79 Å². The Bertz CT molecular complexity index is 444. The number of hydrogen-bond donors (Lipinski definition) is 0. The molecule has 1 aromatic rings. The summed E-state index contributed by atoms with van der Waals surface area (Å²) in [7, 11) is -1.92. The van der Waals surface area contributed by atoms with Gasteiger partial charge in [-0.3, -0.25) is 0 Å². The van der Waals surface area contributed by atoms with Gasteiger partial charge in [0.15, 0.2) is 8.07 Å².